The van der Waals surface area contributed by atoms with Crippen molar-refractivity contribution in [3.05, 3.63) is 78.6 Å². The molecule has 1 aliphatic carbocycles. The maximum Gasteiger partial charge on any atom is 0.259 e. The fourth-order valence-corrected chi connectivity index (χ4v) is 4.15. The molecule has 5 heterocycles. The normalized spacial score (nSPS) is 14.1. The summed E-state index contributed by atoms with van der Waals surface area (Å²) >= 11 is 0. The van der Waals surface area contributed by atoms with Gasteiger partial charge in [-0.1, -0.05) is 6.42 Å². The van der Waals surface area contributed by atoms with E-state index in [1.807, 2.05) is 24.5 Å². The van der Waals surface area contributed by atoms with E-state index in [2.05, 4.69) is 32.5 Å². The molecule has 7 nitrogen and oxygen atoms in total. The molecule has 31 heavy (non-hydrogen) atoms. The van der Waals surface area contributed by atoms with Crippen molar-refractivity contribution in [3.8, 4) is 11.1 Å². The minimum absolute atomic E-state index is 0.217. The number of H-pyrrole nitrogens is 1. The Morgan fingerprint density at radius 1 is 1.16 bits per heavy atom. The average molecular weight is 408 g/mol. The molecule has 152 valence electrons. The molecule has 1 fully saturated rings. The second kappa shape index (κ2) is 7.05. The van der Waals surface area contributed by atoms with E-state index >= 15 is 0 Å². The summed E-state index contributed by atoms with van der Waals surface area (Å²) in [6.45, 7) is 0. The molecular formula is C24H20N6O. The molecule has 2 N–H and O–H groups in total. The summed E-state index contributed by atoms with van der Waals surface area (Å²) in [5.41, 5.74) is 6.05. The molecule has 0 unspecified atom stereocenters. The third kappa shape index (κ3) is 3.06. The molecule has 0 aromatic carbocycles. The number of nitrogens with one attached hydrogen (secondary N) is 2. The Hall–Kier alpha value is -4.00. The van der Waals surface area contributed by atoms with Crippen molar-refractivity contribution in [2.45, 2.75) is 25.2 Å². The third-order valence-electron chi connectivity index (χ3n) is 6.08. The molecule has 7 heteroatoms. The summed E-state index contributed by atoms with van der Waals surface area (Å²) in [5.74, 6) is 0.381. The van der Waals surface area contributed by atoms with Crippen LogP contribution in [0.15, 0.2) is 67.4 Å². The number of rotatable bonds is 4. The van der Waals surface area contributed by atoms with Crippen LogP contribution in [-0.2, 0) is 0 Å². The fourth-order valence-electron chi connectivity index (χ4n) is 4.15. The molecular weight excluding hydrogens is 388 g/mol. The Labute approximate surface area is 178 Å². The van der Waals surface area contributed by atoms with Crippen LogP contribution in [-0.4, -0.2) is 30.5 Å². The Bertz CT molecular complexity index is 1410. The Morgan fingerprint density at radius 3 is 2.90 bits per heavy atom. The fraction of sp³-hybridized carbons (Fsp3) is 0.167. The minimum atomic E-state index is -0.217. The number of carbonyl (C=O) groups is 1. The second-order valence-electron chi connectivity index (χ2n) is 7.96. The number of amides is 1. The van der Waals surface area contributed by atoms with Gasteiger partial charge in [0.25, 0.3) is 5.91 Å². The van der Waals surface area contributed by atoms with Crippen LogP contribution < -0.4 is 5.32 Å². The zero-order chi connectivity index (χ0) is 20.8. The van der Waals surface area contributed by atoms with Gasteiger partial charge in [0.1, 0.15) is 5.65 Å². The van der Waals surface area contributed by atoms with Crippen molar-refractivity contribution in [3.63, 3.8) is 0 Å². The summed E-state index contributed by atoms with van der Waals surface area (Å²) < 4.78 is 1.71. The van der Waals surface area contributed by atoms with Gasteiger partial charge in [0.2, 0.25) is 0 Å². The maximum absolute atomic E-state index is 12.8. The molecule has 1 aliphatic rings. The Kier molecular flexibility index (Phi) is 4.06. The van der Waals surface area contributed by atoms with Crippen LogP contribution >= 0.6 is 0 Å². The van der Waals surface area contributed by atoms with Crippen LogP contribution in [0.3, 0.4) is 0 Å². The summed E-state index contributed by atoms with van der Waals surface area (Å²) in [6.07, 6.45) is 12.5. The van der Waals surface area contributed by atoms with Gasteiger partial charge in [-0.05, 0) is 54.8 Å². The molecule has 0 aliphatic heterocycles. The molecule has 0 saturated heterocycles. The summed E-state index contributed by atoms with van der Waals surface area (Å²) in [5, 5.41) is 8.29. The monoisotopic (exact) mass is 408 g/mol. The lowest BCUT2D eigenvalue weighted by Gasteiger charge is -2.24. The van der Waals surface area contributed by atoms with Crippen molar-refractivity contribution >= 4 is 28.1 Å². The first-order chi connectivity index (χ1) is 15.3. The van der Waals surface area contributed by atoms with Gasteiger partial charge in [0.15, 0.2) is 0 Å². The molecule has 1 saturated carbocycles. The summed E-state index contributed by atoms with van der Waals surface area (Å²) in [7, 11) is 0. The van der Waals surface area contributed by atoms with Gasteiger partial charge < -0.3 is 10.3 Å². The summed E-state index contributed by atoms with van der Waals surface area (Å²) in [6, 6.07) is 11.9. The van der Waals surface area contributed by atoms with E-state index in [1.165, 1.54) is 25.0 Å². The molecule has 0 radical (unpaired) electrons. The number of hydrogen-bond donors (Lipinski definition) is 2. The van der Waals surface area contributed by atoms with Crippen molar-refractivity contribution in [2.24, 2.45) is 0 Å². The van der Waals surface area contributed by atoms with Gasteiger partial charge in [-0.2, -0.15) is 5.10 Å². The number of pyridine rings is 3. The number of hydrogen-bond acceptors (Lipinski definition) is 4. The first-order valence-corrected chi connectivity index (χ1v) is 10.4. The zero-order valence-corrected chi connectivity index (χ0v) is 16.7. The highest BCUT2D eigenvalue weighted by molar-refractivity contribution is 6.09. The molecule has 0 bridgehead atoms. The van der Waals surface area contributed by atoms with Gasteiger partial charge in [0, 0.05) is 41.2 Å². The molecule has 0 atom stereocenters. The Morgan fingerprint density at radius 2 is 2.10 bits per heavy atom. The van der Waals surface area contributed by atoms with E-state index < -0.39 is 0 Å². The summed E-state index contributed by atoms with van der Waals surface area (Å²) in [4.78, 5) is 25.0. The smallest absolute Gasteiger partial charge is 0.259 e. The van der Waals surface area contributed by atoms with Gasteiger partial charge in [-0.15, -0.1) is 0 Å². The SMILES string of the molecule is O=C(Nc1cccnc1)c1cnn2ccc(-c3c[nH]c4nc(C5CCC5)ccc34)cc12. The van der Waals surface area contributed by atoms with E-state index in [-0.39, 0.29) is 5.91 Å². The van der Waals surface area contributed by atoms with Crippen molar-refractivity contribution in [1.82, 2.24) is 24.6 Å². The van der Waals surface area contributed by atoms with Gasteiger partial charge in [0.05, 0.1) is 29.2 Å². The van der Waals surface area contributed by atoms with Gasteiger partial charge in [-0.3, -0.25) is 9.78 Å². The predicted octanol–water partition coefficient (Wildman–Crippen LogP) is 4.79. The largest absolute Gasteiger partial charge is 0.346 e. The van der Waals surface area contributed by atoms with Crippen LogP contribution in [0.2, 0.25) is 0 Å². The van der Waals surface area contributed by atoms with Crippen LogP contribution in [0.5, 0.6) is 0 Å². The predicted molar refractivity (Wildman–Crippen MR) is 119 cm³/mol. The minimum Gasteiger partial charge on any atom is -0.346 e. The second-order valence-corrected chi connectivity index (χ2v) is 7.96. The van der Waals surface area contributed by atoms with Crippen LogP contribution in [0.4, 0.5) is 5.69 Å². The molecule has 5 aromatic heterocycles. The number of anilines is 1. The van der Waals surface area contributed by atoms with Crippen molar-refractivity contribution < 1.29 is 4.79 Å². The van der Waals surface area contributed by atoms with E-state index in [0.717, 1.165) is 27.7 Å². The van der Waals surface area contributed by atoms with E-state index in [9.17, 15) is 4.79 Å². The van der Waals surface area contributed by atoms with E-state index in [4.69, 9.17) is 4.98 Å². The maximum atomic E-state index is 12.8. The van der Waals surface area contributed by atoms with Gasteiger partial charge in [-0.25, -0.2) is 9.50 Å². The van der Waals surface area contributed by atoms with Crippen LogP contribution in [0.25, 0.3) is 27.7 Å². The highest BCUT2D eigenvalue weighted by Gasteiger charge is 2.21. The van der Waals surface area contributed by atoms with Crippen LogP contribution in [0.1, 0.15) is 41.2 Å². The highest BCUT2D eigenvalue weighted by atomic mass is 16.1. The quantitative estimate of drug-likeness (QED) is 0.447. The zero-order valence-electron chi connectivity index (χ0n) is 16.7. The van der Waals surface area contributed by atoms with Crippen molar-refractivity contribution in [1.29, 1.82) is 0 Å². The van der Waals surface area contributed by atoms with Gasteiger partial charge >= 0.3 is 0 Å². The topological polar surface area (TPSA) is 88.0 Å². The number of carbonyl (C=O) groups excluding carboxylic acids is 1. The lowest BCUT2D eigenvalue weighted by molar-refractivity contribution is 0.102. The Balaban J connectivity index is 1.37. The van der Waals surface area contributed by atoms with E-state index in [1.54, 1.807) is 35.2 Å². The number of nitrogens with zero attached hydrogens (tertiary/aromatic N) is 4. The standard InChI is InChI=1S/C24H20N6O/c31-24(28-17-5-2-9-25-12-17)20-14-27-30-10-8-16(11-22(20)30)19-13-26-23-18(19)6-7-21(29-23)15-3-1-4-15/h2,5-15H,1,3-4H2,(H,26,29)(H,28,31). The van der Waals surface area contributed by atoms with Crippen LogP contribution in [0, 0.1) is 0 Å². The lowest BCUT2D eigenvalue weighted by Crippen LogP contribution is -2.11. The molecule has 6 rings (SSSR count). The average Bonchev–Trinajstić information content (AvgIpc) is 3.36. The molecule has 5 aromatic rings. The van der Waals surface area contributed by atoms with E-state index in [0.29, 0.717) is 17.2 Å². The number of aromatic amines is 1. The first kappa shape index (κ1) is 17.8. The number of fused-ring (bicyclic) bond motifs is 2. The molecule has 1 amide bonds. The lowest BCUT2D eigenvalue weighted by atomic mass is 9.82. The molecule has 0 spiro atoms. The highest BCUT2D eigenvalue weighted by Crippen LogP contribution is 2.37. The number of aromatic nitrogens is 5. The van der Waals surface area contributed by atoms with Crippen molar-refractivity contribution in [2.75, 3.05) is 5.32 Å². The third-order valence-corrected chi connectivity index (χ3v) is 6.08. The first-order valence-electron chi connectivity index (χ1n) is 10.4.